The summed E-state index contributed by atoms with van der Waals surface area (Å²) in [6, 6.07) is 4.76. The Kier molecular flexibility index (Phi) is 4.92. The minimum absolute atomic E-state index is 0.163. The van der Waals surface area contributed by atoms with Gasteiger partial charge in [0.25, 0.3) is 0 Å². The molecular weight excluding hydrogens is 205 g/mol. The van der Waals surface area contributed by atoms with Crippen LogP contribution in [0.5, 0.6) is 0 Å². The van der Waals surface area contributed by atoms with Gasteiger partial charge < -0.3 is 5.73 Å². The molecule has 88 valence electrons. The normalized spacial score (nSPS) is 13.2. The monoisotopic (exact) mass is 223 g/mol. The van der Waals surface area contributed by atoms with E-state index in [1.807, 2.05) is 6.21 Å². The first-order valence-corrected chi connectivity index (χ1v) is 5.42. The molecule has 1 atom stereocenters. The molecule has 0 bridgehead atoms. The van der Waals surface area contributed by atoms with Crippen molar-refractivity contribution in [1.82, 2.24) is 5.32 Å². The number of hydrogen-bond donors (Lipinski definition) is 2. The molecule has 1 rings (SSSR count). The summed E-state index contributed by atoms with van der Waals surface area (Å²) in [5.74, 6) is -0.400. The minimum Gasteiger partial charge on any atom is -0.396 e. The maximum absolute atomic E-state index is 13.3. The van der Waals surface area contributed by atoms with Gasteiger partial charge in [-0.3, -0.25) is 10.3 Å². The summed E-state index contributed by atoms with van der Waals surface area (Å²) >= 11 is 0. The fourth-order valence-corrected chi connectivity index (χ4v) is 1.35. The van der Waals surface area contributed by atoms with E-state index in [9.17, 15) is 4.39 Å². The smallest absolute Gasteiger partial charge is 0.146 e. The number of halogens is 1. The van der Waals surface area contributed by atoms with Crippen molar-refractivity contribution in [2.24, 2.45) is 4.99 Å². The maximum Gasteiger partial charge on any atom is 0.146 e. The van der Waals surface area contributed by atoms with Gasteiger partial charge in [0, 0.05) is 6.21 Å². The quantitative estimate of drug-likeness (QED) is 0.595. The number of aliphatic imine (C=N–C) groups is 1. The van der Waals surface area contributed by atoms with Gasteiger partial charge in [0.2, 0.25) is 0 Å². The summed E-state index contributed by atoms with van der Waals surface area (Å²) in [5.41, 5.74) is 6.36. The largest absolute Gasteiger partial charge is 0.396 e. The predicted octanol–water partition coefficient (Wildman–Crippen LogP) is 2.50. The highest BCUT2D eigenvalue weighted by Crippen LogP contribution is 2.18. The standard InChI is InChI=1S/C12H18FN3/c1-3-4-7-16-12(15-2)9-5-6-11(14)10(13)8-9/h5-8,12,15H,3-4,14H2,1-2H3. The van der Waals surface area contributed by atoms with Gasteiger partial charge in [-0.25, -0.2) is 4.39 Å². The molecule has 1 aromatic carbocycles. The van der Waals surface area contributed by atoms with Crippen molar-refractivity contribution in [3.05, 3.63) is 29.6 Å². The van der Waals surface area contributed by atoms with Gasteiger partial charge in [0.05, 0.1) is 5.69 Å². The van der Waals surface area contributed by atoms with Crippen LogP contribution in [0.25, 0.3) is 0 Å². The number of benzene rings is 1. The lowest BCUT2D eigenvalue weighted by Crippen LogP contribution is -2.14. The zero-order chi connectivity index (χ0) is 12.0. The van der Waals surface area contributed by atoms with Crippen molar-refractivity contribution < 1.29 is 4.39 Å². The molecule has 0 amide bonds. The first-order chi connectivity index (χ1) is 7.69. The molecule has 16 heavy (non-hydrogen) atoms. The van der Waals surface area contributed by atoms with E-state index >= 15 is 0 Å². The van der Waals surface area contributed by atoms with E-state index in [-0.39, 0.29) is 11.9 Å². The van der Waals surface area contributed by atoms with Crippen LogP contribution < -0.4 is 11.1 Å². The number of nitrogens with zero attached hydrogens (tertiary/aromatic N) is 1. The molecule has 0 heterocycles. The molecule has 4 heteroatoms. The lowest BCUT2D eigenvalue weighted by Gasteiger charge is -2.12. The molecular formula is C12H18FN3. The van der Waals surface area contributed by atoms with E-state index in [1.54, 1.807) is 19.2 Å². The van der Waals surface area contributed by atoms with Crippen LogP contribution in [-0.4, -0.2) is 13.3 Å². The van der Waals surface area contributed by atoms with E-state index in [0.717, 1.165) is 18.4 Å². The third-order valence-corrected chi connectivity index (χ3v) is 2.29. The second-order valence-electron chi connectivity index (χ2n) is 3.59. The Morgan fingerprint density at radius 2 is 2.31 bits per heavy atom. The van der Waals surface area contributed by atoms with Gasteiger partial charge in [-0.1, -0.05) is 19.4 Å². The molecule has 0 spiro atoms. The molecule has 3 N–H and O–H groups in total. The fraction of sp³-hybridized carbons (Fsp3) is 0.417. The molecule has 0 aromatic heterocycles. The van der Waals surface area contributed by atoms with Crippen molar-refractivity contribution >= 4 is 11.9 Å². The van der Waals surface area contributed by atoms with Crippen LogP contribution in [0, 0.1) is 5.82 Å². The second-order valence-corrected chi connectivity index (χ2v) is 3.59. The first-order valence-electron chi connectivity index (χ1n) is 5.42. The van der Waals surface area contributed by atoms with Crippen molar-refractivity contribution in [1.29, 1.82) is 0 Å². The Bertz CT molecular complexity index is 363. The number of anilines is 1. The van der Waals surface area contributed by atoms with Crippen LogP contribution in [0.1, 0.15) is 31.5 Å². The molecule has 0 radical (unpaired) electrons. The van der Waals surface area contributed by atoms with E-state index < -0.39 is 5.82 Å². The van der Waals surface area contributed by atoms with Gasteiger partial charge in [-0.15, -0.1) is 0 Å². The highest BCUT2D eigenvalue weighted by molar-refractivity contribution is 5.57. The number of rotatable bonds is 5. The SMILES string of the molecule is CCCC=NC(NC)c1ccc(N)c(F)c1. The van der Waals surface area contributed by atoms with Gasteiger partial charge in [0.1, 0.15) is 12.0 Å². The summed E-state index contributed by atoms with van der Waals surface area (Å²) in [7, 11) is 1.79. The fourth-order valence-electron chi connectivity index (χ4n) is 1.35. The van der Waals surface area contributed by atoms with E-state index in [0.29, 0.717) is 0 Å². The summed E-state index contributed by atoms with van der Waals surface area (Å²) in [4.78, 5) is 4.33. The number of nitrogens with two attached hydrogens (primary N) is 1. The van der Waals surface area contributed by atoms with Crippen LogP contribution in [0.4, 0.5) is 10.1 Å². The molecule has 0 fully saturated rings. The Morgan fingerprint density at radius 3 is 2.88 bits per heavy atom. The number of nitrogens with one attached hydrogen (secondary N) is 1. The zero-order valence-corrected chi connectivity index (χ0v) is 9.70. The Balaban J connectivity index is 2.82. The summed E-state index contributed by atoms with van der Waals surface area (Å²) in [6.45, 7) is 2.09. The third-order valence-electron chi connectivity index (χ3n) is 2.29. The van der Waals surface area contributed by atoms with Crippen LogP contribution in [0.2, 0.25) is 0 Å². The topological polar surface area (TPSA) is 50.4 Å². The van der Waals surface area contributed by atoms with Crippen LogP contribution >= 0.6 is 0 Å². The van der Waals surface area contributed by atoms with Gasteiger partial charge >= 0.3 is 0 Å². The molecule has 1 aromatic rings. The molecule has 0 saturated carbocycles. The highest BCUT2D eigenvalue weighted by atomic mass is 19.1. The number of unbranched alkanes of at least 4 members (excludes halogenated alkanes) is 1. The van der Waals surface area contributed by atoms with Crippen molar-refractivity contribution in [3.8, 4) is 0 Å². The summed E-state index contributed by atoms with van der Waals surface area (Å²) in [5, 5.41) is 3.02. The molecule has 0 aliphatic carbocycles. The Labute approximate surface area is 95.6 Å². The van der Waals surface area contributed by atoms with E-state index in [4.69, 9.17) is 5.73 Å². The van der Waals surface area contributed by atoms with Crippen LogP contribution in [0.3, 0.4) is 0 Å². The second kappa shape index (κ2) is 6.23. The molecule has 0 saturated heterocycles. The van der Waals surface area contributed by atoms with E-state index in [2.05, 4.69) is 17.2 Å². The first kappa shape index (κ1) is 12.6. The Morgan fingerprint density at radius 1 is 1.56 bits per heavy atom. The van der Waals surface area contributed by atoms with Crippen molar-refractivity contribution in [2.75, 3.05) is 12.8 Å². The van der Waals surface area contributed by atoms with Crippen molar-refractivity contribution in [2.45, 2.75) is 25.9 Å². The lowest BCUT2D eigenvalue weighted by molar-refractivity contribution is 0.601. The van der Waals surface area contributed by atoms with Crippen molar-refractivity contribution in [3.63, 3.8) is 0 Å². The Hall–Kier alpha value is -1.42. The maximum atomic E-state index is 13.3. The average Bonchev–Trinajstić information content (AvgIpc) is 2.29. The predicted molar refractivity (Wildman–Crippen MR) is 66.0 cm³/mol. The van der Waals surface area contributed by atoms with Gasteiger partial charge in [0.15, 0.2) is 0 Å². The average molecular weight is 223 g/mol. The molecule has 0 aliphatic rings. The van der Waals surface area contributed by atoms with E-state index in [1.165, 1.54) is 6.07 Å². The molecule has 3 nitrogen and oxygen atoms in total. The van der Waals surface area contributed by atoms with Gasteiger partial charge in [-0.2, -0.15) is 0 Å². The lowest BCUT2D eigenvalue weighted by atomic mass is 10.1. The zero-order valence-electron chi connectivity index (χ0n) is 9.70. The highest BCUT2D eigenvalue weighted by Gasteiger charge is 2.08. The molecule has 0 aliphatic heterocycles. The summed E-state index contributed by atoms with van der Waals surface area (Å²) < 4.78 is 13.3. The van der Waals surface area contributed by atoms with Crippen LogP contribution in [-0.2, 0) is 0 Å². The third kappa shape index (κ3) is 3.31. The number of nitrogen functional groups attached to an aromatic ring is 1. The minimum atomic E-state index is -0.400. The number of hydrogen-bond acceptors (Lipinski definition) is 3. The van der Waals surface area contributed by atoms with Gasteiger partial charge in [-0.05, 0) is 31.2 Å². The van der Waals surface area contributed by atoms with Crippen LogP contribution in [0.15, 0.2) is 23.2 Å². The summed E-state index contributed by atoms with van der Waals surface area (Å²) in [6.07, 6.45) is 3.63. The molecule has 1 unspecified atom stereocenters.